The van der Waals surface area contributed by atoms with E-state index in [2.05, 4.69) is 71.3 Å². The van der Waals surface area contributed by atoms with E-state index in [9.17, 15) is 5.26 Å². The molecular weight excluding hydrogens is 517 g/mol. The Kier molecular flexibility index (Phi) is 4.70. The van der Waals surface area contributed by atoms with Gasteiger partial charge in [0.25, 0.3) is 6.71 Å². The van der Waals surface area contributed by atoms with Crippen LogP contribution in [0.2, 0.25) is 0 Å². The van der Waals surface area contributed by atoms with E-state index in [1.54, 1.807) is 0 Å². The molecule has 0 aliphatic carbocycles. The van der Waals surface area contributed by atoms with Gasteiger partial charge in [-0.05, 0) is 70.6 Å². The maximum absolute atomic E-state index is 10.0. The van der Waals surface area contributed by atoms with E-state index in [1.165, 1.54) is 0 Å². The predicted molar refractivity (Wildman–Crippen MR) is 166 cm³/mol. The molecule has 6 heteroatoms. The highest BCUT2D eigenvalue weighted by atomic mass is 16.5. The van der Waals surface area contributed by atoms with Gasteiger partial charge in [0.15, 0.2) is 0 Å². The Morgan fingerprint density at radius 3 is 1.71 bits per heavy atom. The largest absolute Gasteiger partial charge is 0.458 e. The van der Waals surface area contributed by atoms with Crippen LogP contribution in [0.25, 0.3) is 38.8 Å². The molecule has 0 amide bonds. The quantitative estimate of drug-likeness (QED) is 0.238. The Morgan fingerprint density at radius 2 is 1.12 bits per heavy atom. The molecule has 0 fully saturated rings. The first-order valence-corrected chi connectivity index (χ1v) is 13.9. The van der Waals surface area contributed by atoms with Crippen molar-refractivity contribution in [2.75, 3.05) is 0 Å². The lowest BCUT2D eigenvalue weighted by atomic mass is 9.35. The Labute approximate surface area is 241 Å². The normalized spacial score (nSPS) is 12.6. The maximum atomic E-state index is 10.0. The molecule has 2 aliphatic rings. The van der Waals surface area contributed by atoms with Crippen molar-refractivity contribution < 1.29 is 9.47 Å². The van der Waals surface area contributed by atoms with Crippen LogP contribution in [0.4, 0.5) is 0 Å². The second kappa shape index (κ2) is 8.60. The van der Waals surface area contributed by atoms with Crippen molar-refractivity contribution >= 4 is 44.9 Å². The van der Waals surface area contributed by atoms with Crippen molar-refractivity contribution in [1.29, 1.82) is 5.26 Å². The summed E-state index contributed by atoms with van der Waals surface area (Å²) in [5.41, 5.74) is 7.43. The number of nitriles is 1. The lowest BCUT2D eigenvalue weighted by Gasteiger charge is -2.33. The number of aromatic nitrogens is 2. The Hall–Kier alpha value is -5.80. The Balaban J connectivity index is 1.28. The van der Waals surface area contributed by atoms with Crippen molar-refractivity contribution in [1.82, 2.24) is 9.55 Å². The maximum Gasteiger partial charge on any atom is 0.260 e. The van der Waals surface area contributed by atoms with Crippen LogP contribution in [0.15, 0.2) is 121 Å². The van der Waals surface area contributed by atoms with Gasteiger partial charge in [0.2, 0.25) is 0 Å². The zero-order chi connectivity index (χ0) is 27.8. The molecule has 2 aromatic heterocycles. The fraction of sp³-hybridized carbons (Fsp3) is 0. The van der Waals surface area contributed by atoms with Crippen molar-refractivity contribution in [2.45, 2.75) is 0 Å². The van der Waals surface area contributed by atoms with E-state index in [0.29, 0.717) is 11.5 Å². The molecule has 7 aromatic rings. The number of nitrogens with zero attached hydrogens (tertiary/aromatic N) is 3. The molecule has 0 bridgehead atoms. The van der Waals surface area contributed by atoms with Crippen LogP contribution >= 0.6 is 0 Å². The van der Waals surface area contributed by atoms with Gasteiger partial charge in [-0.25, -0.2) is 4.98 Å². The highest BCUT2D eigenvalue weighted by Gasteiger charge is 2.40. The van der Waals surface area contributed by atoms with E-state index < -0.39 is 0 Å². The molecule has 194 valence electrons. The predicted octanol–water partition coefficient (Wildman–Crippen LogP) is 6.44. The molecular formula is C36H20BN3O2. The standard InChI is InChI=1S/C36H20BN3O2/c38-21-24-17-22(20-35(39-24)40-29-13-5-1-9-25(29)26-10-2-6-14-30(26)40)23-18-33-36-34(19-23)42-32-16-8-4-12-28(32)37(36)27-11-3-7-15-31(27)41-33/h1-20H. The first kappa shape index (κ1) is 23.0. The van der Waals surface area contributed by atoms with Gasteiger partial charge in [-0.1, -0.05) is 72.8 Å². The van der Waals surface area contributed by atoms with Gasteiger partial charge in [-0.3, -0.25) is 4.57 Å². The molecule has 0 saturated carbocycles. The van der Waals surface area contributed by atoms with E-state index in [0.717, 1.165) is 72.3 Å². The average molecular weight is 537 g/mol. The first-order chi connectivity index (χ1) is 20.8. The fourth-order valence-corrected chi connectivity index (χ4v) is 6.58. The topological polar surface area (TPSA) is 60.1 Å². The molecule has 5 nitrogen and oxygen atoms in total. The summed E-state index contributed by atoms with van der Waals surface area (Å²) in [7, 11) is 0. The number of benzene rings is 5. The highest BCUT2D eigenvalue weighted by molar-refractivity contribution is 6.98. The van der Waals surface area contributed by atoms with Gasteiger partial charge in [-0.15, -0.1) is 0 Å². The minimum absolute atomic E-state index is 0.0132. The second-order valence-electron chi connectivity index (χ2n) is 10.7. The number of hydrogen-bond acceptors (Lipinski definition) is 4. The number of ether oxygens (including phenoxy) is 2. The number of rotatable bonds is 2. The molecule has 0 radical (unpaired) electrons. The average Bonchev–Trinajstić information content (AvgIpc) is 3.38. The summed E-state index contributed by atoms with van der Waals surface area (Å²) in [5, 5.41) is 12.3. The van der Waals surface area contributed by atoms with Crippen molar-refractivity contribution in [3.05, 3.63) is 127 Å². The summed E-state index contributed by atoms with van der Waals surface area (Å²) in [5.74, 6) is 3.88. The summed E-state index contributed by atoms with van der Waals surface area (Å²) in [6.07, 6.45) is 0. The highest BCUT2D eigenvalue weighted by Crippen LogP contribution is 2.39. The van der Waals surface area contributed by atoms with Crippen molar-refractivity contribution in [3.63, 3.8) is 0 Å². The molecule has 0 atom stereocenters. The van der Waals surface area contributed by atoms with E-state index in [1.807, 2.05) is 60.7 Å². The smallest absolute Gasteiger partial charge is 0.260 e. The lowest BCUT2D eigenvalue weighted by Crippen LogP contribution is -2.57. The van der Waals surface area contributed by atoms with Gasteiger partial charge >= 0.3 is 0 Å². The van der Waals surface area contributed by atoms with Crippen LogP contribution in [-0.2, 0) is 0 Å². The van der Waals surface area contributed by atoms with Gasteiger partial charge < -0.3 is 9.47 Å². The third kappa shape index (κ3) is 3.22. The van der Waals surface area contributed by atoms with E-state index in [-0.39, 0.29) is 6.71 Å². The number of hydrogen-bond donors (Lipinski definition) is 0. The number of pyridine rings is 1. The monoisotopic (exact) mass is 537 g/mol. The summed E-state index contributed by atoms with van der Waals surface area (Å²) in [6.45, 7) is 0.0132. The molecule has 0 spiro atoms. The summed E-state index contributed by atoms with van der Waals surface area (Å²) in [4.78, 5) is 4.77. The minimum atomic E-state index is 0.0132. The summed E-state index contributed by atoms with van der Waals surface area (Å²) >= 11 is 0. The van der Waals surface area contributed by atoms with Crippen LogP contribution in [0.1, 0.15) is 5.69 Å². The second-order valence-corrected chi connectivity index (χ2v) is 10.7. The molecule has 0 N–H and O–H groups in total. The summed E-state index contributed by atoms with van der Waals surface area (Å²) in [6, 6.07) is 43.3. The minimum Gasteiger partial charge on any atom is -0.458 e. The van der Waals surface area contributed by atoms with Crippen molar-refractivity contribution in [3.8, 4) is 46.0 Å². The van der Waals surface area contributed by atoms with E-state index >= 15 is 0 Å². The van der Waals surface area contributed by atoms with Crippen LogP contribution in [0.5, 0.6) is 23.0 Å². The Morgan fingerprint density at radius 1 is 0.595 bits per heavy atom. The lowest BCUT2D eigenvalue weighted by molar-refractivity contribution is 0.465. The van der Waals surface area contributed by atoms with Gasteiger partial charge in [0.05, 0.1) is 11.0 Å². The number of para-hydroxylation sites is 4. The molecule has 2 aliphatic heterocycles. The molecule has 42 heavy (non-hydrogen) atoms. The first-order valence-electron chi connectivity index (χ1n) is 13.9. The fourth-order valence-electron chi connectivity index (χ4n) is 6.58. The molecule has 4 heterocycles. The van der Waals surface area contributed by atoms with Crippen LogP contribution < -0.4 is 25.9 Å². The zero-order valence-corrected chi connectivity index (χ0v) is 22.3. The van der Waals surface area contributed by atoms with Gasteiger partial charge in [0.1, 0.15) is 40.6 Å². The number of fused-ring (bicyclic) bond motifs is 7. The summed E-state index contributed by atoms with van der Waals surface area (Å²) < 4.78 is 15.2. The zero-order valence-electron chi connectivity index (χ0n) is 22.3. The third-order valence-electron chi connectivity index (χ3n) is 8.36. The molecule has 0 unspecified atom stereocenters. The SMILES string of the molecule is N#Cc1cc(-c2cc3c4c(c2)Oc2ccccc2B4c2ccccc2O3)cc(-n2c3ccccc3c3ccccc32)n1. The molecule has 0 saturated heterocycles. The van der Waals surface area contributed by atoms with E-state index in [4.69, 9.17) is 14.5 Å². The molecule has 5 aromatic carbocycles. The Bertz CT molecular complexity index is 2170. The van der Waals surface area contributed by atoms with Gasteiger partial charge in [-0.2, -0.15) is 5.26 Å². The van der Waals surface area contributed by atoms with Crippen LogP contribution in [0.3, 0.4) is 0 Å². The van der Waals surface area contributed by atoms with Crippen LogP contribution in [-0.4, -0.2) is 16.3 Å². The van der Waals surface area contributed by atoms with Gasteiger partial charge in [0, 0.05) is 16.2 Å². The molecule has 9 rings (SSSR count). The third-order valence-corrected chi connectivity index (χ3v) is 8.36. The van der Waals surface area contributed by atoms with Crippen LogP contribution in [0, 0.1) is 11.3 Å². The van der Waals surface area contributed by atoms with Crippen molar-refractivity contribution in [2.24, 2.45) is 0 Å².